The van der Waals surface area contributed by atoms with E-state index in [0.717, 1.165) is 12.0 Å². The molecule has 0 atom stereocenters. The summed E-state index contributed by atoms with van der Waals surface area (Å²) in [4.78, 5) is 25.1. The fraction of sp³-hybridized carbons (Fsp3) is 0.529. The standard InChI is InChI=1S/C17H22N2O5S/c1-12(20)19-10-7-13-3-4-15(11-16(13)19)25(22,23)18-8-5-14(6-9-18)17(21)24-2/h3-4,11,14H,5-10H2,1-2H3. The minimum atomic E-state index is -3.65. The highest BCUT2D eigenvalue weighted by atomic mass is 32.2. The van der Waals surface area contributed by atoms with Gasteiger partial charge in [-0.2, -0.15) is 4.31 Å². The van der Waals surface area contributed by atoms with E-state index in [4.69, 9.17) is 4.74 Å². The summed E-state index contributed by atoms with van der Waals surface area (Å²) >= 11 is 0. The van der Waals surface area contributed by atoms with E-state index in [1.54, 1.807) is 23.1 Å². The molecule has 2 heterocycles. The van der Waals surface area contributed by atoms with E-state index in [-0.39, 0.29) is 35.8 Å². The monoisotopic (exact) mass is 366 g/mol. The molecule has 0 aromatic heterocycles. The van der Waals surface area contributed by atoms with Crippen molar-refractivity contribution in [3.63, 3.8) is 0 Å². The fourth-order valence-electron chi connectivity index (χ4n) is 3.49. The second kappa shape index (κ2) is 6.76. The molecule has 1 aromatic rings. The molecule has 25 heavy (non-hydrogen) atoms. The van der Waals surface area contributed by atoms with Crippen LogP contribution in [0.3, 0.4) is 0 Å². The predicted octanol–water partition coefficient (Wildman–Crippen LogP) is 1.17. The molecule has 1 amide bonds. The van der Waals surface area contributed by atoms with Gasteiger partial charge < -0.3 is 9.64 Å². The molecule has 136 valence electrons. The van der Waals surface area contributed by atoms with Gasteiger partial charge in [0, 0.05) is 32.2 Å². The predicted molar refractivity (Wildman–Crippen MR) is 91.7 cm³/mol. The van der Waals surface area contributed by atoms with Gasteiger partial charge >= 0.3 is 5.97 Å². The Kier molecular flexibility index (Phi) is 4.83. The Morgan fingerprint density at radius 3 is 2.44 bits per heavy atom. The summed E-state index contributed by atoms with van der Waals surface area (Å²) in [6.07, 6.45) is 1.65. The highest BCUT2D eigenvalue weighted by molar-refractivity contribution is 7.89. The lowest BCUT2D eigenvalue weighted by Crippen LogP contribution is -2.40. The van der Waals surface area contributed by atoms with Crippen LogP contribution in [0.1, 0.15) is 25.3 Å². The molecule has 0 unspecified atom stereocenters. The van der Waals surface area contributed by atoms with Crippen LogP contribution in [-0.2, 0) is 30.8 Å². The zero-order chi connectivity index (χ0) is 18.2. The third kappa shape index (κ3) is 3.28. The lowest BCUT2D eigenvalue weighted by Gasteiger charge is -2.30. The Bertz CT molecular complexity index is 797. The average molecular weight is 366 g/mol. The van der Waals surface area contributed by atoms with Crippen molar-refractivity contribution in [3.8, 4) is 0 Å². The summed E-state index contributed by atoms with van der Waals surface area (Å²) in [6, 6.07) is 4.97. The minimum Gasteiger partial charge on any atom is -0.469 e. The summed E-state index contributed by atoms with van der Waals surface area (Å²) in [6.45, 7) is 2.64. The van der Waals surface area contributed by atoms with E-state index in [0.29, 0.717) is 25.1 Å². The second-order valence-corrected chi connectivity index (χ2v) is 8.35. The number of rotatable bonds is 3. The Balaban J connectivity index is 1.81. The van der Waals surface area contributed by atoms with Crippen LogP contribution in [0.2, 0.25) is 0 Å². The van der Waals surface area contributed by atoms with Gasteiger partial charge in [-0.05, 0) is 37.0 Å². The van der Waals surface area contributed by atoms with E-state index < -0.39 is 10.0 Å². The van der Waals surface area contributed by atoms with Gasteiger partial charge in [0.15, 0.2) is 0 Å². The first kappa shape index (κ1) is 17.9. The number of hydrogen-bond acceptors (Lipinski definition) is 5. The average Bonchev–Trinajstić information content (AvgIpc) is 3.04. The Morgan fingerprint density at radius 1 is 1.16 bits per heavy atom. The number of benzene rings is 1. The van der Waals surface area contributed by atoms with E-state index in [9.17, 15) is 18.0 Å². The Morgan fingerprint density at radius 2 is 1.84 bits per heavy atom. The summed E-state index contributed by atoms with van der Waals surface area (Å²) in [5.74, 6) is -0.622. The maximum Gasteiger partial charge on any atom is 0.308 e. The normalized spacial score (nSPS) is 18.9. The van der Waals surface area contributed by atoms with E-state index >= 15 is 0 Å². The largest absolute Gasteiger partial charge is 0.469 e. The lowest BCUT2D eigenvalue weighted by atomic mass is 9.99. The number of anilines is 1. The van der Waals surface area contributed by atoms with E-state index in [1.165, 1.54) is 18.3 Å². The molecular weight excluding hydrogens is 344 g/mol. The number of hydrogen-bond donors (Lipinski definition) is 0. The van der Waals surface area contributed by atoms with Gasteiger partial charge in [0.25, 0.3) is 0 Å². The molecule has 0 radical (unpaired) electrons. The summed E-state index contributed by atoms with van der Waals surface area (Å²) < 4.78 is 32.0. The lowest BCUT2D eigenvalue weighted by molar-refractivity contribution is -0.146. The number of amides is 1. The Labute approximate surface area is 147 Å². The van der Waals surface area contributed by atoms with Crippen molar-refractivity contribution < 1.29 is 22.7 Å². The van der Waals surface area contributed by atoms with Crippen LogP contribution < -0.4 is 4.90 Å². The third-order valence-corrected chi connectivity index (χ3v) is 6.85. The smallest absolute Gasteiger partial charge is 0.308 e. The molecule has 0 saturated carbocycles. The van der Waals surface area contributed by atoms with Crippen LogP contribution in [0.5, 0.6) is 0 Å². The number of sulfonamides is 1. The van der Waals surface area contributed by atoms with E-state index in [2.05, 4.69) is 0 Å². The summed E-state index contributed by atoms with van der Waals surface area (Å²) in [7, 11) is -2.30. The molecule has 3 rings (SSSR count). The SMILES string of the molecule is COC(=O)C1CCN(S(=O)(=O)c2ccc3c(c2)N(C(C)=O)CC3)CC1. The van der Waals surface area contributed by atoms with Crippen molar-refractivity contribution >= 4 is 27.6 Å². The number of esters is 1. The van der Waals surface area contributed by atoms with Gasteiger partial charge in [-0.3, -0.25) is 9.59 Å². The third-order valence-electron chi connectivity index (χ3n) is 4.96. The number of fused-ring (bicyclic) bond motifs is 1. The van der Waals surface area contributed by atoms with Crippen molar-refractivity contribution in [2.75, 3.05) is 31.6 Å². The molecule has 2 aliphatic heterocycles. The van der Waals surface area contributed by atoms with Gasteiger partial charge in [0.2, 0.25) is 15.9 Å². The highest BCUT2D eigenvalue weighted by Crippen LogP contribution is 2.32. The zero-order valence-corrected chi connectivity index (χ0v) is 15.2. The fourth-order valence-corrected chi connectivity index (χ4v) is 4.98. The first-order valence-corrected chi connectivity index (χ1v) is 9.77. The van der Waals surface area contributed by atoms with Gasteiger partial charge in [-0.25, -0.2) is 8.42 Å². The first-order chi connectivity index (χ1) is 11.8. The molecule has 1 aromatic carbocycles. The van der Waals surface area contributed by atoms with Crippen molar-refractivity contribution in [2.24, 2.45) is 5.92 Å². The molecule has 0 aliphatic carbocycles. The molecule has 8 heteroatoms. The molecule has 2 aliphatic rings. The van der Waals surface area contributed by atoms with Gasteiger partial charge in [0.05, 0.1) is 17.9 Å². The summed E-state index contributed by atoms with van der Waals surface area (Å²) in [5.41, 5.74) is 1.66. The van der Waals surface area contributed by atoms with Crippen molar-refractivity contribution in [2.45, 2.75) is 31.1 Å². The van der Waals surface area contributed by atoms with E-state index in [1.807, 2.05) is 0 Å². The van der Waals surface area contributed by atoms with Crippen LogP contribution in [0.25, 0.3) is 0 Å². The molecule has 0 N–H and O–H groups in total. The number of carbonyl (C=O) groups excluding carboxylic acids is 2. The Hall–Kier alpha value is -1.93. The first-order valence-electron chi connectivity index (χ1n) is 8.33. The molecule has 1 saturated heterocycles. The van der Waals surface area contributed by atoms with Crippen molar-refractivity contribution in [3.05, 3.63) is 23.8 Å². The molecule has 0 bridgehead atoms. The summed E-state index contributed by atoms with van der Waals surface area (Å²) in [5, 5.41) is 0. The second-order valence-electron chi connectivity index (χ2n) is 6.41. The minimum absolute atomic E-state index is 0.0906. The molecule has 1 fully saturated rings. The van der Waals surface area contributed by atoms with Crippen LogP contribution in [-0.4, -0.2) is 51.3 Å². The van der Waals surface area contributed by atoms with Crippen LogP contribution >= 0.6 is 0 Å². The quantitative estimate of drug-likeness (QED) is 0.750. The van der Waals surface area contributed by atoms with Gasteiger partial charge in [-0.1, -0.05) is 6.07 Å². The molecule has 7 nitrogen and oxygen atoms in total. The zero-order valence-electron chi connectivity index (χ0n) is 14.4. The van der Waals surface area contributed by atoms with Crippen molar-refractivity contribution in [1.82, 2.24) is 4.31 Å². The maximum absolute atomic E-state index is 12.9. The number of methoxy groups -OCH3 is 1. The number of carbonyl (C=O) groups is 2. The van der Waals surface area contributed by atoms with Crippen LogP contribution in [0, 0.1) is 5.92 Å². The van der Waals surface area contributed by atoms with Crippen LogP contribution in [0.15, 0.2) is 23.1 Å². The maximum atomic E-state index is 12.9. The number of ether oxygens (including phenoxy) is 1. The topological polar surface area (TPSA) is 84.0 Å². The molecule has 0 spiro atoms. The molecular formula is C17H22N2O5S. The van der Waals surface area contributed by atoms with Crippen LogP contribution in [0.4, 0.5) is 5.69 Å². The van der Waals surface area contributed by atoms with Crippen molar-refractivity contribution in [1.29, 1.82) is 0 Å². The van der Waals surface area contributed by atoms with Gasteiger partial charge in [-0.15, -0.1) is 0 Å². The highest BCUT2D eigenvalue weighted by Gasteiger charge is 2.33. The van der Waals surface area contributed by atoms with Gasteiger partial charge in [0.1, 0.15) is 0 Å². The number of nitrogens with zero attached hydrogens (tertiary/aromatic N) is 2. The number of piperidine rings is 1.